The van der Waals surface area contributed by atoms with Gasteiger partial charge in [-0.1, -0.05) is 56.3 Å². The number of carbonyl (C=O) groups excluding carboxylic acids is 1. The highest BCUT2D eigenvalue weighted by Gasteiger charge is 2.22. The van der Waals surface area contributed by atoms with Gasteiger partial charge in [0.1, 0.15) is 17.9 Å². The van der Waals surface area contributed by atoms with Crippen molar-refractivity contribution in [1.29, 1.82) is 0 Å². The van der Waals surface area contributed by atoms with Gasteiger partial charge in [0.05, 0.1) is 18.1 Å². The highest BCUT2D eigenvalue weighted by Crippen LogP contribution is 2.42. The SMILES string of the molecule is COC(=O)c1ccc(-c2oc3ncnc(NCC(C)C)c3c2-c2ccccc2)cc1. The predicted octanol–water partition coefficient (Wildman–Crippen LogP) is 5.41. The molecule has 0 aliphatic carbocycles. The van der Waals surface area contributed by atoms with E-state index in [1.54, 1.807) is 12.1 Å². The molecule has 0 aliphatic rings. The molecule has 0 saturated heterocycles. The normalized spacial score (nSPS) is 11.1. The second-order valence-corrected chi connectivity index (χ2v) is 7.42. The summed E-state index contributed by atoms with van der Waals surface area (Å²) in [5.41, 5.74) is 3.77. The summed E-state index contributed by atoms with van der Waals surface area (Å²) in [6.45, 7) is 5.08. The summed E-state index contributed by atoms with van der Waals surface area (Å²) in [5.74, 6) is 1.52. The second-order valence-electron chi connectivity index (χ2n) is 7.42. The van der Waals surface area contributed by atoms with Gasteiger partial charge in [-0.25, -0.2) is 14.8 Å². The Kier molecular flexibility index (Phi) is 5.48. The Hall–Kier alpha value is -3.67. The summed E-state index contributed by atoms with van der Waals surface area (Å²) in [6, 6.07) is 17.2. The summed E-state index contributed by atoms with van der Waals surface area (Å²) in [6.07, 6.45) is 1.51. The third kappa shape index (κ3) is 3.76. The topological polar surface area (TPSA) is 77.2 Å². The molecule has 0 radical (unpaired) electrons. The number of methoxy groups -OCH3 is 1. The van der Waals surface area contributed by atoms with Gasteiger partial charge in [-0.2, -0.15) is 0 Å². The van der Waals surface area contributed by atoms with E-state index in [1.165, 1.54) is 13.4 Å². The fourth-order valence-electron chi connectivity index (χ4n) is 3.33. The van der Waals surface area contributed by atoms with Crippen molar-refractivity contribution in [3.8, 4) is 22.5 Å². The number of anilines is 1. The van der Waals surface area contributed by atoms with Gasteiger partial charge in [-0.15, -0.1) is 0 Å². The maximum atomic E-state index is 11.8. The zero-order chi connectivity index (χ0) is 21.1. The molecule has 2 aromatic heterocycles. The highest BCUT2D eigenvalue weighted by atomic mass is 16.5. The molecule has 0 atom stereocenters. The van der Waals surface area contributed by atoms with Crippen LogP contribution in [-0.4, -0.2) is 29.6 Å². The zero-order valence-corrected chi connectivity index (χ0v) is 17.2. The highest BCUT2D eigenvalue weighted by molar-refractivity contribution is 6.06. The number of benzene rings is 2. The molecule has 0 unspecified atom stereocenters. The van der Waals surface area contributed by atoms with Gasteiger partial charge in [0.25, 0.3) is 0 Å². The lowest BCUT2D eigenvalue weighted by Crippen LogP contribution is -2.09. The molecule has 1 N–H and O–H groups in total. The number of carbonyl (C=O) groups is 1. The van der Waals surface area contributed by atoms with E-state index in [1.807, 2.05) is 42.5 Å². The van der Waals surface area contributed by atoms with Crippen LogP contribution in [0.25, 0.3) is 33.6 Å². The van der Waals surface area contributed by atoms with Gasteiger partial charge in [0.2, 0.25) is 5.71 Å². The Morgan fingerprint density at radius 3 is 2.43 bits per heavy atom. The summed E-state index contributed by atoms with van der Waals surface area (Å²) in [4.78, 5) is 20.6. The van der Waals surface area contributed by atoms with Crippen molar-refractivity contribution in [2.75, 3.05) is 19.0 Å². The van der Waals surface area contributed by atoms with Gasteiger partial charge in [-0.3, -0.25) is 0 Å². The number of esters is 1. The molecule has 6 nitrogen and oxygen atoms in total. The standard InChI is InChI=1S/C24H23N3O3/c1-15(2)13-25-22-20-19(16-7-5-4-6-8-16)21(30-23(20)27-14-26-22)17-9-11-18(12-10-17)24(28)29-3/h4-12,14-15H,13H2,1-3H3,(H,25,26,27). The lowest BCUT2D eigenvalue weighted by molar-refractivity contribution is 0.0600. The van der Waals surface area contributed by atoms with Crippen molar-refractivity contribution in [3.63, 3.8) is 0 Å². The molecular formula is C24H23N3O3. The minimum Gasteiger partial charge on any atom is -0.465 e. The average molecular weight is 401 g/mol. The van der Waals surface area contributed by atoms with Crippen LogP contribution in [0.5, 0.6) is 0 Å². The molecule has 152 valence electrons. The first-order chi connectivity index (χ1) is 14.6. The number of hydrogen-bond acceptors (Lipinski definition) is 6. The quantitative estimate of drug-likeness (QED) is 0.435. The van der Waals surface area contributed by atoms with Crippen molar-refractivity contribution < 1.29 is 13.9 Å². The summed E-state index contributed by atoms with van der Waals surface area (Å²) in [7, 11) is 1.37. The van der Waals surface area contributed by atoms with E-state index in [9.17, 15) is 4.79 Å². The van der Waals surface area contributed by atoms with Crippen LogP contribution < -0.4 is 5.32 Å². The molecule has 0 amide bonds. The minimum absolute atomic E-state index is 0.375. The lowest BCUT2D eigenvalue weighted by Gasteiger charge is -2.10. The Labute approximate surface area is 174 Å². The second kappa shape index (κ2) is 8.37. The van der Waals surface area contributed by atoms with E-state index < -0.39 is 0 Å². The van der Waals surface area contributed by atoms with Crippen LogP contribution in [0.1, 0.15) is 24.2 Å². The average Bonchev–Trinajstić information content (AvgIpc) is 3.18. The zero-order valence-electron chi connectivity index (χ0n) is 17.2. The van der Waals surface area contributed by atoms with Crippen LogP contribution in [0.4, 0.5) is 5.82 Å². The van der Waals surface area contributed by atoms with Crippen LogP contribution >= 0.6 is 0 Å². The first-order valence-corrected chi connectivity index (χ1v) is 9.84. The number of aromatic nitrogens is 2. The Morgan fingerprint density at radius 1 is 1.03 bits per heavy atom. The van der Waals surface area contributed by atoms with E-state index in [4.69, 9.17) is 9.15 Å². The monoisotopic (exact) mass is 401 g/mol. The molecule has 0 fully saturated rings. The molecule has 0 aliphatic heterocycles. The fraction of sp³-hybridized carbons (Fsp3) is 0.208. The first kappa shape index (κ1) is 19.6. The summed E-state index contributed by atoms with van der Waals surface area (Å²) >= 11 is 0. The van der Waals surface area contributed by atoms with E-state index in [0.717, 1.165) is 34.4 Å². The third-order valence-electron chi connectivity index (χ3n) is 4.80. The number of nitrogens with zero attached hydrogens (tertiary/aromatic N) is 2. The van der Waals surface area contributed by atoms with E-state index in [-0.39, 0.29) is 5.97 Å². The number of hydrogen-bond donors (Lipinski definition) is 1. The van der Waals surface area contributed by atoms with Crippen molar-refractivity contribution in [3.05, 3.63) is 66.5 Å². The van der Waals surface area contributed by atoms with Crippen LogP contribution in [0.15, 0.2) is 65.3 Å². The fourth-order valence-corrected chi connectivity index (χ4v) is 3.33. The van der Waals surface area contributed by atoms with Crippen molar-refractivity contribution in [1.82, 2.24) is 9.97 Å². The molecule has 0 saturated carbocycles. The lowest BCUT2D eigenvalue weighted by atomic mass is 9.98. The van der Waals surface area contributed by atoms with Crippen LogP contribution in [0.3, 0.4) is 0 Å². The van der Waals surface area contributed by atoms with Crippen LogP contribution in [-0.2, 0) is 4.74 Å². The Balaban J connectivity index is 1.91. The molecule has 2 aromatic carbocycles. The van der Waals surface area contributed by atoms with Crippen LogP contribution in [0, 0.1) is 5.92 Å². The molecule has 6 heteroatoms. The van der Waals surface area contributed by atoms with Gasteiger partial charge in [0.15, 0.2) is 0 Å². The predicted molar refractivity (Wildman–Crippen MR) is 117 cm³/mol. The first-order valence-electron chi connectivity index (χ1n) is 9.84. The summed E-state index contributed by atoms with van der Waals surface area (Å²) < 4.78 is 11.0. The van der Waals surface area contributed by atoms with E-state index >= 15 is 0 Å². The van der Waals surface area contributed by atoms with Crippen molar-refractivity contribution in [2.24, 2.45) is 5.92 Å². The molecule has 0 bridgehead atoms. The van der Waals surface area contributed by atoms with Crippen LogP contribution in [0.2, 0.25) is 0 Å². The van der Waals surface area contributed by atoms with E-state index in [0.29, 0.717) is 23.0 Å². The molecular weight excluding hydrogens is 378 g/mol. The van der Waals surface area contributed by atoms with E-state index in [2.05, 4.69) is 29.1 Å². The largest absolute Gasteiger partial charge is 0.465 e. The number of fused-ring (bicyclic) bond motifs is 1. The van der Waals surface area contributed by atoms with Crippen molar-refractivity contribution >= 4 is 22.9 Å². The van der Waals surface area contributed by atoms with Gasteiger partial charge < -0.3 is 14.5 Å². The smallest absolute Gasteiger partial charge is 0.337 e. The molecule has 0 spiro atoms. The number of rotatable bonds is 6. The molecule has 30 heavy (non-hydrogen) atoms. The number of nitrogens with one attached hydrogen (secondary N) is 1. The molecule has 2 heterocycles. The number of furan rings is 1. The molecule has 4 rings (SSSR count). The Bertz CT molecular complexity index is 1170. The number of ether oxygens (including phenoxy) is 1. The Morgan fingerprint density at radius 2 is 1.77 bits per heavy atom. The molecule has 4 aromatic rings. The maximum Gasteiger partial charge on any atom is 0.337 e. The third-order valence-corrected chi connectivity index (χ3v) is 4.80. The van der Waals surface area contributed by atoms with Gasteiger partial charge in [0, 0.05) is 17.7 Å². The minimum atomic E-state index is -0.375. The van der Waals surface area contributed by atoms with Crippen molar-refractivity contribution in [2.45, 2.75) is 13.8 Å². The maximum absolute atomic E-state index is 11.8. The van der Waals surface area contributed by atoms with Gasteiger partial charge in [-0.05, 0) is 23.6 Å². The summed E-state index contributed by atoms with van der Waals surface area (Å²) in [5, 5.41) is 4.27. The van der Waals surface area contributed by atoms with Gasteiger partial charge >= 0.3 is 5.97 Å².